The molecule has 0 unspecified atom stereocenters. The predicted octanol–water partition coefficient (Wildman–Crippen LogP) is 6.03. The minimum Gasteiger partial charge on any atom is -0.493 e. The van der Waals surface area contributed by atoms with Gasteiger partial charge in [-0.2, -0.15) is 0 Å². The summed E-state index contributed by atoms with van der Waals surface area (Å²) in [5.41, 5.74) is 2.45. The van der Waals surface area contributed by atoms with E-state index in [1.165, 1.54) is 17.4 Å². The first-order chi connectivity index (χ1) is 15.0. The van der Waals surface area contributed by atoms with Gasteiger partial charge in [0, 0.05) is 17.0 Å². The molecule has 0 saturated heterocycles. The number of amides is 1. The summed E-state index contributed by atoms with van der Waals surface area (Å²) in [5, 5.41) is 5.21. The van der Waals surface area contributed by atoms with E-state index in [2.05, 4.69) is 26.2 Å². The van der Waals surface area contributed by atoms with Gasteiger partial charge >= 0.3 is 0 Å². The highest BCUT2D eigenvalue weighted by Gasteiger charge is 2.12. The predicted molar refractivity (Wildman–Crippen MR) is 128 cm³/mol. The van der Waals surface area contributed by atoms with Crippen LogP contribution in [0.4, 0.5) is 5.13 Å². The lowest BCUT2D eigenvalue weighted by molar-refractivity contribution is -0.111. The summed E-state index contributed by atoms with van der Waals surface area (Å²) >= 11 is 4.84. The SMILES string of the molecule is CCOc1ccccc1-c1csc(NC(=O)/C=C/c2cc(Br)c(OCC)c(OC)c2)n1. The molecule has 2 aromatic carbocycles. The minimum absolute atomic E-state index is 0.275. The van der Waals surface area contributed by atoms with E-state index in [4.69, 9.17) is 14.2 Å². The van der Waals surface area contributed by atoms with Crippen LogP contribution in [0, 0.1) is 0 Å². The fourth-order valence-electron chi connectivity index (χ4n) is 2.85. The van der Waals surface area contributed by atoms with E-state index < -0.39 is 0 Å². The number of methoxy groups -OCH3 is 1. The van der Waals surface area contributed by atoms with Crippen LogP contribution in [0.3, 0.4) is 0 Å². The van der Waals surface area contributed by atoms with Gasteiger partial charge in [-0.1, -0.05) is 12.1 Å². The maximum Gasteiger partial charge on any atom is 0.250 e. The summed E-state index contributed by atoms with van der Waals surface area (Å²) in [5.74, 6) is 1.72. The molecule has 0 fully saturated rings. The molecule has 0 bridgehead atoms. The van der Waals surface area contributed by atoms with Crippen LogP contribution in [0.5, 0.6) is 17.2 Å². The Morgan fingerprint density at radius 3 is 2.68 bits per heavy atom. The largest absolute Gasteiger partial charge is 0.493 e. The molecule has 3 rings (SSSR count). The summed E-state index contributed by atoms with van der Waals surface area (Å²) in [7, 11) is 1.58. The molecule has 0 spiro atoms. The second-order valence-electron chi connectivity index (χ2n) is 6.26. The van der Waals surface area contributed by atoms with E-state index in [0.29, 0.717) is 29.8 Å². The van der Waals surface area contributed by atoms with E-state index in [1.807, 2.05) is 55.6 Å². The Balaban J connectivity index is 1.71. The van der Waals surface area contributed by atoms with E-state index in [0.717, 1.165) is 27.0 Å². The van der Waals surface area contributed by atoms with Gasteiger partial charge in [0.1, 0.15) is 5.75 Å². The van der Waals surface area contributed by atoms with E-state index >= 15 is 0 Å². The number of hydrogen-bond acceptors (Lipinski definition) is 6. The number of ether oxygens (including phenoxy) is 3. The number of anilines is 1. The van der Waals surface area contributed by atoms with Crippen molar-refractivity contribution >= 4 is 44.4 Å². The van der Waals surface area contributed by atoms with Gasteiger partial charge in [-0.3, -0.25) is 10.1 Å². The molecule has 1 N–H and O–H groups in total. The maximum absolute atomic E-state index is 12.4. The van der Waals surface area contributed by atoms with Gasteiger partial charge in [0.25, 0.3) is 0 Å². The quantitative estimate of drug-likeness (QED) is 0.361. The van der Waals surface area contributed by atoms with Crippen molar-refractivity contribution in [2.45, 2.75) is 13.8 Å². The third-order valence-corrected chi connectivity index (χ3v) is 5.51. The van der Waals surface area contributed by atoms with E-state index in [1.54, 1.807) is 13.2 Å². The molecule has 1 amide bonds. The first-order valence-corrected chi connectivity index (χ1v) is 11.4. The molecule has 162 valence electrons. The molecule has 0 saturated carbocycles. The van der Waals surface area contributed by atoms with Crippen LogP contribution in [-0.4, -0.2) is 31.2 Å². The van der Waals surface area contributed by atoms with Crippen molar-refractivity contribution in [3.05, 3.63) is 57.9 Å². The fraction of sp³-hybridized carbons (Fsp3) is 0.217. The Bertz CT molecular complexity index is 1080. The van der Waals surface area contributed by atoms with Crippen LogP contribution >= 0.6 is 27.3 Å². The number of benzene rings is 2. The zero-order valence-corrected chi connectivity index (χ0v) is 19.9. The van der Waals surface area contributed by atoms with Crippen LogP contribution in [0.1, 0.15) is 19.4 Å². The number of nitrogens with one attached hydrogen (secondary N) is 1. The average molecular weight is 503 g/mol. The van der Waals surface area contributed by atoms with Crippen molar-refractivity contribution in [3.63, 3.8) is 0 Å². The van der Waals surface area contributed by atoms with Crippen LogP contribution < -0.4 is 19.5 Å². The molecule has 0 aliphatic heterocycles. The first-order valence-electron chi connectivity index (χ1n) is 9.72. The first kappa shape index (κ1) is 22.8. The number of nitrogens with zero attached hydrogens (tertiary/aromatic N) is 1. The summed E-state index contributed by atoms with van der Waals surface area (Å²) in [4.78, 5) is 16.9. The van der Waals surface area contributed by atoms with Gasteiger partial charge < -0.3 is 14.2 Å². The molecule has 1 heterocycles. The van der Waals surface area contributed by atoms with Gasteiger partial charge in [-0.15, -0.1) is 11.3 Å². The highest BCUT2D eigenvalue weighted by Crippen LogP contribution is 2.37. The molecular formula is C23H23BrN2O4S. The van der Waals surface area contributed by atoms with Crippen molar-refractivity contribution in [1.29, 1.82) is 0 Å². The van der Waals surface area contributed by atoms with Crippen molar-refractivity contribution in [2.75, 3.05) is 25.6 Å². The van der Waals surface area contributed by atoms with Gasteiger partial charge in [0.05, 0.1) is 30.5 Å². The average Bonchev–Trinajstić information content (AvgIpc) is 3.22. The summed E-state index contributed by atoms with van der Waals surface area (Å²) in [6.45, 7) is 4.94. The number of thiazole rings is 1. The van der Waals surface area contributed by atoms with Crippen molar-refractivity contribution in [2.24, 2.45) is 0 Å². The Kier molecular flexibility index (Phi) is 8.08. The molecule has 0 aliphatic rings. The van der Waals surface area contributed by atoms with E-state index in [-0.39, 0.29) is 5.91 Å². The zero-order chi connectivity index (χ0) is 22.2. The van der Waals surface area contributed by atoms with Crippen molar-refractivity contribution < 1.29 is 19.0 Å². The molecule has 6 nitrogen and oxygen atoms in total. The van der Waals surface area contributed by atoms with Gasteiger partial charge in [-0.05, 0) is 65.7 Å². The fourth-order valence-corrected chi connectivity index (χ4v) is 4.14. The zero-order valence-electron chi connectivity index (χ0n) is 17.5. The number of halogens is 1. The smallest absolute Gasteiger partial charge is 0.250 e. The van der Waals surface area contributed by atoms with Crippen LogP contribution in [0.2, 0.25) is 0 Å². The Hall–Kier alpha value is -2.84. The third kappa shape index (κ3) is 5.86. The topological polar surface area (TPSA) is 69.7 Å². The Morgan fingerprint density at radius 1 is 1.16 bits per heavy atom. The molecule has 0 aliphatic carbocycles. The van der Waals surface area contributed by atoms with Gasteiger partial charge in [-0.25, -0.2) is 4.98 Å². The summed E-state index contributed by atoms with van der Waals surface area (Å²) < 4.78 is 17.4. The number of carbonyl (C=O) groups excluding carboxylic acids is 1. The highest BCUT2D eigenvalue weighted by atomic mass is 79.9. The molecule has 8 heteroatoms. The minimum atomic E-state index is -0.275. The molecule has 1 aromatic heterocycles. The van der Waals surface area contributed by atoms with Crippen LogP contribution in [-0.2, 0) is 4.79 Å². The lowest BCUT2D eigenvalue weighted by Gasteiger charge is -2.12. The van der Waals surface area contributed by atoms with Crippen LogP contribution in [0.25, 0.3) is 17.3 Å². The van der Waals surface area contributed by atoms with E-state index in [9.17, 15) is 4.79 Å². The Labute approximate surface area is 194 Å². The number of carbonyl (C=O) groups is 1. The maximum atomic E-state index is 12.4. The lowest BCUT2D eigenvalue weighted by atomic mass is 10.1. The standard InChI is InChI=1S/C23H23BrN2O4S/c1-4-29-19-9-7-6-8-16(19)18-14-31-23(25-18)26-21(27)11-10-15-12-17(24)22(30-5-2)20(13-15)28-3/h6-14H,4-5H2,1-3H3,(H,25,26,27)/b11-10+. The Morgan fingerprint density at radius 2 is 1.94 bits per heavy atom. The van der Waals surface area contributed by atoms with Gasteiger partial charge in [0.2, 0.25) is 5.91 Å². The third-order valence-electron chi connectivity index (χ3n) is 4.16. The summed E-state index contributed by atoms with van der Waals surface area (Å²) in [6.07, 6.45) is 3.16. The molecular weight excluding hydrogens is 480 g/mol. The highest BCUT2D eigenvalue weighted by molar-refractivity contribution is 9.10. The number of rotatable bonds is 9. The lowest BCUT2D eigenvalue weighted by Crippen LogP contribution is -2.07. The second-order valence-corrected chi connectivity index (χ2v) is 7.97. The molecule has 0 atom stereocenters. The molecule has 3 aromatic rings. The van der Waals surface area contributed by atoms with Crippen molar-refractivity contribution in [1.82, 2.24) is 4.98 Å². The monoisotopic (exact) mass is 502 g/mol. The molecule has 0 radical (unpaired) electrons. The second kappa shape index (κ2) is 11.0. The normalized spacial score (nSPS) is 10.8. The number of para-hydroxylation sites is 1. The molecule has 31 heavy (non-hydrogen) atoms. The number of hydrogen-bond donors (Lipinski definition) is 1. The summed E-state index contributed by atoms with van der Waals surface area (Å²) in [6, 6.07) is 11.4. The van der Waals surface area contributed by atoms with Crippen molar-refractivity contribution in [3.8, 4) is 28.5 Å². The number of aromatic nitrogens is 1. The van der Waals surface area contributed by atoms with Crippen LogP contribution in [0.15, 0.2) is 52.3 Å². The van der Waals surface area contributed by atoms with Gasteiger partial charge in [0.15, 0.2) is 16.6 Å².